The average Bonchev–Trinajstić information content (AvgIpc) is 2.00. The molecule has 0 saturated carbocycles. The summed E-state index contributed by atoms with van der Waals surface area (Å²) in [4.78, 5) is 0. The lowest BCUT2D eigenvalue weighted by Gasteiger charge is -2.15. The van der Waals surface area contributed by atoms with Crippen LogP contribution in [-0.2, 0) is 0 Å². The summed E-state index contributed by atoms with van der Waals surface area (Å²) < 4.78 is 0. The molecule has 4 heteroatoms. The molecule has 0 rings (SSSR count). The first-order chi connectivity index (χ1) is 6.91. The zero-order valence-electron chi connectivity index (χ0n) is 9.63. The SMILES string of the molecule is CC(O)CC(O)CCCC(O)CC(C)O. The topological polar surface area (TPSA) is 80.9 Å². The van der Waals surface area contributed by atoms with Gasteiger partial charge in [-0.25, -0.2) is 0 Å². The molecule has 0 aromatic heterocycles. The van der Waals surface area contributed by atoms with Crippen LogP contribution in [0.15, 0.2) is 0 Å². The van der Waals surface area contributed by atoms with Crippen molar-refractivity contribution in [1.82, 2.24) is 0 Å². The van der Waals surface area contributed by atoms with Crippen LogP contribution >= 0.6 is 0 Å². The highest BCUT2D eigenvalue weighted by Gasteiger charge is 2.11. The van der Waals surface area contributed by atoms with Crippen molar-refractivity contribution in [2.45, 2.75) is 70.4 Å². The van der Waals surface area contributed by atoms with Gasteiger partial charge in [0.25, 0.3) is 0 Å². The Bertz CT molecular complexity index is 132. The molecule has 0 aromatic carbocycles. The molecule has 0 heterocycles. The number of aliphatic hydroxyl groups excluding tert-OH is 4. The molecular formula is C11H24O4. The third-order valence-electron chi connectivity index (χ3n) is 2.30. The van der Waals surface area contributed by atoms with Crippen LogP contribution in [0.1, 0.15) is 46.0 Å². The van der Waals surface area contributed by atoms with E-state index in [0.29, 0.717) is 32.1 Å². The van der Waals surface area contributed by atoms with Gasteiger partial charge in [0.1, 0.15) is 0 Å². The summed E-state index contributed by atoms with van der Waals surface area (Å²) in [5.74, 6) is 0. The normalized spacial score (nSPS) is 19.6. The first-order valence-electron chi connectivity index (χ1n) is 5.64. The van der Waals surface area contributed by atoms with E-state index < -0.39 is 24.4 Å². The van der Waals surface area contributed by atoms with Gasteiger partial charge in [-0.2, -0.15) is 0 Å². The first kappa shape index (κ1) is 14.8. The van der Waals surface area contributed by atoms with Crippen LogP contribution < -0.4 is 0 Å². The molecule has 0 aliphatic rings. The summed E-state index contributed by atoms with van der Waals surface area (Å²) in [6.07, 6.45) is 0.682. The van der Waals surface area contributed by atoms with Crippen molar-refractivity contribution in [3.05, 3.63) is 0 Å². The molecule has 0 fully saturated rings. The Labute approximate surface area is 91.6 Å². The number of hydrogen-bond acceptors (Lipinski definition) is 4. The highest BCUT2D eigenvalue weighted by Crippen LogP contribution is 2.11. The van der Waals surface area contributed by atoms with E-state index in [2.05, 4.69) is 0 Å². The van der Waals surface area contributed by atoms with E-state index in [9.17, 15) is 10.2 Å². The van der Waals surface area contributed by atoms with E-state index in [1.807, 2.05) is 0 Å². The molecule has 15 heavy (non-hydrogen) atoms. The Hall–Kier alpha value is -0.160. The van der Waals surface area contributed by atoms with Crippen LogP contribution in [0.5, 0.6) is 0 Å². The third-order valence-corrected chi connectivity index (χ3v) is 2.30. The van der Waals surface area contributed by atoms with E-state index in [4.69, 9.17) is 10.2 Å². The van der Waals surface area contributed by atoms with Crippen molar-refractivity contribution >= 4 is 0 Å². The molecule has 4 nitrogen and oxygen atoms in total. The highest BCUT2D eigenvalue weighted by atomic mass is 16.3. The van der Waals surface area contributed by atoms with Crippen LogP contribution in [0.2, 0.25) is 0 Å². The van der Waals surface area contributed by atoms with E-state index >= 15 is 0 Å². The summed E-state index contributed by atoms with van der Waals surface area (Å²) in [7, 11) is 0. The van der Waals surface area contributed by atoms with Crippen molar-refractivity contribution in [3.63, 3.8) is 0 Å². The molecule has 4 N–H and O–H groups in total. The van der Waals surface area contributed by atoms with Crippen molar-refractivity contribution in [2.24, 2.45) is 0 Å². The van der Waals surface area contributed by atoms with Crippen LogP contribution in [0.25, 0.3) is 0 Å². The van der Waals surface area contributed by atoms with Gasteiger partial charge in [0.05, 0.1) is 24.4 Å². The second-order valence-corrected chi connectivity index (χ2v) is 4.41. The Morgan fingerprint density at radius 3 is 1.33 bits per heavy atom. The predicted molar refractivity (Wildman–Crippen MR) is 58.5 cm³/mol. The van der Waals surface area contributed by atoms with Gasteiger partial charge >= 0.3 is 0 Å². The monoisotopic (exact) mass is 220 g/mol. The van der Waals surface area contributed by atoms with Gasteiger partial charge in [-0.05, 0) is 46.0 Å². The predicted octanol–water partition coefficient (Wildman–Crippen LogP) is 0.420. The van der Waals surface area contributed by atoms with Crippen molar-refractivity contribution < 1.29 is 20.4 Å². The standard InChI is InChI=1S/C11H24O4/c1-8(12)6-10(14)4-3-5-11(15)7-9(2)13/h8-15H,3-7H2,1-2H3. The minimum atomic E-state index is -0.497. The second-order valence-electron chi connectivity index (χ2n) is 4.41. The van der Waals surface area contributed by atoms with Gasteiger partial charge in [-0.1, -0.05) is 0 Å². The minimum Gasteiger partial charge on any atom is -0.393 e. The fourth-order valence-electron chi connectivity index (χ4n) is 1.61. The maximum Gasteiger partial charge on any atom is 0.0564 e. The Morgan fingerprint density at radius 1 is 0.733 bits per heavy atom. The molecule has 0 saturated heterocycles. The fraction of sp³-hybridized carbons (Fsp3) is 1.00. The van der Waals surface area contributed by atoms with E-state index in [0.717, 1.165) is 0 Å². The molecule has 4 unspecified atom stereocenters. The van der Waals surface area contributed by atoms with Gasteiger partial charge in [0.2, 0.25) is 0 Å². The van der Waals surface area contributed by atoms with Gasteiger partial charge in [-0.15, -0.1) is 0 Å². The molecule has 0 radical (unpaired) electrons. The zero-order valence-corrected chi connectivity index (χ0v) is 9.63. The lowest BCUT2D eigenvalue weighted by Crippen LogP contribution is -2.17. The molecule has 4 atom stereocenters. The van der Waals surface area contributed by atoms with Crippen molar-refractivity contribution in [2.75, 3.05) is 0 Å². The lowest BCUT2D eigenvalue weighted by atomic mass is 10.0. The lowest BCUT2D eigenvalue weighted by molar-refractivity contribution is 0.0673. The van der Waals surface area contributed by atoms with Crippen LogP contribution in [0, 0.1) is 0 Å². The molecular weight excluding hydrogens is 196 g/mol. The Kier molecular flexibility index (Phi) is 7.96. The number of hydrogen-bond donors (Lipinski definition) is 4. The van der Waals surface area contributed by atoms with Crippen LogP contribution in [-0.4, -0.2) is 44.8 Å². The Balaban J connectivity index is 3.44. The zero-order chi connectivity index (χ0) is 11.8. The van der Waals surface area contributed by atoms with Gasteiger partial charge in [0.15, 0.2) is 0 Å². The number of aliphatic hydroxyl groups is 4. The molecule has 0 aliphatic carbocycles. The second kappa shape index (κ2) is 8.05. The summed E-state index contributed by atoms with van der Waals surface area (Å²) in [5, 5.41) is 36.9. The maximum absolute atomic E-state index is 9.42. The van der Waals surface area contributed by atoms with Crippen molar-refractivity contribution in [3.8, 4) is 0 Å². The molecule has 0 bridgehead atoms. The summed E-state index contributed by atoms with van der Waals surface area (Å²) in [5.41, 5.74) is 0. The smallest absolute Gasteiger partial charge is 0.0564 e. The van der Waals surface area contributed by atoms with Crippen LogP contribution in [0.3, 0.4) is 0 Å². The molecule has 0 aliphatic heterocycles. The first-order valence-corrected chi connectivity index (χ1v) is 5.64. The summed E-state index contributed by atoms with van der Waals surface area (Å²) >= 11 is 0. The highest BCUT2D eigenvalue weighted by molar-refractivity contribution is 4.64. The molecule has 0 spiro atoms. The maximum atomic E-state index is 9.42. The number of rotatable bonds is 8. The average molecular weight is 220 g/mol. The van der Waals surface area contributed by atoms with Gasteiger partial charge in [0, 0.05) is 0 Å². The minimum absolute atomic E-state index is 0.381. The molecule has 0 aromatic rings. The fourth-order valence-corrected chi connectivity index (χ4v) is 1.61. The van der Waals surface area contributed by atoms with E-state index in [-0.39, 0.29) is 0 Å². The van der Waals surface area contributed by atoms with Crippen LogP contribution in [0.4, 0.5) is 0 Å². The molecule has 0 amide bonds. The van der Waals surface area contributed by atoms with Gasteiger partial charge in [-0.3, -0.25) is 0 Å². The quantitative estimate of drug-likeness (QED) is 0.478. The largest absolute Gasteiger partial charge is 0.393 e. The van der Waals surface area contributed by atoms with Crippen molar-refractivity contribution in [1.29, 1.82) is 0 Å². The van der Waals surface area contributed by atoms with E-state index in [1.54, 1.807) is 13.8 Å². The van der Waals surface area contributed by atoms with E-state index in [1.165, 1.54) is 0 Å². The molecule has 92 valence electrons. The summed E-state index contributed by atoms with van der Waals surface area (Å²) in [6.45, 7) is 3.29. The summed E-state index contributed by atoms with van der Waals surface area (Å²) in [6, 6.07) is 0. The van der Waals surface area contributed by atoms with Gasteiger partial charge < -0.3 is 20.4 Å². The third kappa shape index (κ3) is 10.1. The Morgan fingerprint density at radius 2 is 1.07 bits per heavy atom.